The molecule has 188 valence electrons. The van der Waals surface area contributed by atoms with Crippen LogP contribution in [-0.4, -0.2) is 54.5 Å². The topological polar surface area (TPSA) is 88.0 Å². The second-order valence-electron chi connectivity index (χ2n) is 8.81. The summed E-state index contributed by atoms with van der Waals surface area (Å²) in [6.45, 7) is 4.23. The Kier molecular flexibility index (Phi) is 7.66. The lowest BCUT2D eigenvalue weighted by Crippen LogP contribution is -2.25. The molecule has 2 aliphatic rings. The van der Waals surface area contributed by atoms with Gasteiger partial charge >= 0.3 is 0 Å². The van der Waals surface area contributed by atoms with Crippen molar-refractivity contribution in [3.05, 3.63) is 58.6 Å². The first kappa shape index (κ1) is 24.1. The molecule has 0 amide bonds. The number of hydrogen-bond acceptors (Lipinski definition) is 9. The minimum Gasteiger partial charge on any atom is -0.493 e. The van der Waals surface area contributed by atoms with E-state index >= 15 is 0 Å². The second kappa shape index (κ2) is 11.4. The number of hydrogen-bond donors (Lipinski definition) is 1. The van der Waals surface area contributed by atoms with Crippen LogP contribution in [0.15, 0.2) is 47.6 Å². The first-order valence-corrected chi connectivity index (χ1v) is 12.7. The molecule has 3 aromatic rings. The maximum atomic E-state index is 6.24. The van der Waals surface area contributed by atoms with E-state index < -0.39 is 0 Å². The Morgan fingerprint density at radius 3 is 2.22 bits per heavy atom. The van der Waals surface area contributed by atoms with Crippen molar-refractivity contribution in [3.63, 3.8) is 0 Å². The summed E-state index contributed by atoms with van der Waals surface area (Å²) in [6, 6.07) is 13.2. The summed E-state index contributed by atoms with van der Waals surface area (Å²) in [5, 5.41) is 5.05. The number of anilines is 3. The van der Waals surface area contributed by atoms with E-state index in [1.54, 1.807) is 13.3 Å². The maximum absolute atomic E-state index is 6.24. The van der Waals surface area contributed by atoms with Crippen LogP contribution in [0.3, 0.4) is 0 Å². The third kappa shape index (κ3) is 5.79. The van der Waals surface area contributed by atoms with Crippen LogP contribution >= 0.6 is 11.6 Å². The van der Waals surface area contributed by atoms with Crippen molar-refractivity contribution < 1.29 is 9.47 Å². The number of benzene rings is 2. The third-order valence-corrected chi connectivity index (χ3v) is 6.67. The van der Waals surface area contributed by atoms with Crippen LogP contribution in [0.4, 0.5) is 17.8 Å². The Morgan fingerprint density at radius 2 is 1.58 bits per heavy atom. The van der Waals surface area contributed by atoms with Crippen molar-refractivity contribution in [1.82, 2.24) is 15.0 Å². The van der Waals surface area contributed by atoms with E-state index in [4.69, 9.17) is 26.1 Å². The molecule has 36 heavy (non-hydrogen) atoms. The lowest BCUT2D eigenvalue weighted by molar-refractivity contribution is 0.284. The van der Waals surface area contributed by atoms with Gasteiger partial charge in [-0.3, -0.25) is 0 Å². The number of hydrazone groups is 1. The lowest BCUT2D eigenvalue weighted by Gasteiger charge is -2.20. The van der Waals surface area contributed by atoms with Gasteiger partial charge in [-0.1, -0.05) is 29.8 Å². The molecule has 0 saturated carbocycles. The molecule has 0 spiro atoms. The minimum absolute atomic E-state index is 0.350. The highest BCUT2D eigenvalue weighted by atomic mass is 35.5. The smallest absolute Gasteiger partial charge is 0.250 e. The summed E-state index contributed by atoms with van der Waals surface area (Å²) in [6.07, 6.45) is 6.34. The number of halogens is 1. The largest absolute Gasteiger partial charge is 0.493 e. The predicted octanol–water partition coefficient (Wildman–Crippen LogP) is 4.76. The summed E-state index contributed by atoms with van der Waals surface area (Å²) in [5.74, 6) is 3.11. The molecule has 2 aromatic carbocycles. The predicted molar refractivity (Wildman–Crippen MR) is 143 cm³/mol. The van der Waals surface area contributed by atoms with Gasteiger partial charge in [-0.2, -0.15) is 20.1 Å². The molecule has 2 aliphatic heterocycles. The molecule has 1 aromatic heterocycles. The van der Waals surface area contributed by atoms with Crippen LogP contribution in [0.25, 0.3) is 0 Å². The van der Waals surface area contributed by atoms with Crippen LogP contribution in [-0.2, 0) is 6.61 Å². The zero-order chi connectivity index (χ0) is 24.7. The minimum atomic E-state index is 0.350. The molecule has 0 radical (unpaired) electrons. The number of rotatable bonds is 9. The van der Waals surface area contributed by atoms with Crippen LogP contribution in [0.5, 0.6) is 11.5 Å². The molecule has 5 rings (SSSR count). The van der Waals surface area contributed by atoms with Crippen LogP contribution in [0, 0.1) is 0 Å². The van der Waals surface area contributed by atoms with E-state index in [2.05, 4.69) is 30.3 Å². The van der Waals surface area contributed by atoms with Crippen molar-refractivity contribution in [2.45, 2.75) is 32.3 Å². The van der Waals surface area contributed by atoms with E-state index in [0.29, 0.717) is 41.0 Å². The Balaban J connectivity index is 1.28. The van der Waals surface area contributed by atoms with Gasteiger partial charge in [0.2, 0.25) is 17.8 Å². The van der Waals surface area contributed by atoms with Crippen molar-refractivity contribution in [3.8, 4) is 11.5 Å². The molecule has 0 unspecified atom stereocenters. The van der Waals surface area contributed by atoms with E-state index in [1.165, 1.54) is 0 Å². The molecule has 9 nitrogen and oxygen atoms in total. The molecule has 2 saturated heterocycles. The molecule has 3 heterocycles. The van der Waals surface area contributed by atoms with E-state index in [9.17, 15) is 0 Å². The standard InChI is InChI=1S/C26H30ClN7O2/c1-35-23-16-19(10-11-22(23)36-18-20-8-2-3-9-21(20)27)17-28-32-24-29-25(33-12-4-5-13-33)31-26(30-24)34-14-6-7-15-34/h2-3,8-11,16-17H,4-7,12-15,18H2,1H3,(H,29,30,31,32)/b28-17-. The van der Waals surface area contributed by atoms with Gasteiger partial charge in [0.05, 0.1) is 13.3 Å². The monoisotopic (exact) mass is 507 g/mol. The average Bonchev–Trinajstić information content (AvgIpc) is 3.64. The average molecular weight is 508 g/mol. The van der Waals surface area contributed by atoms with Gasteiger partial charge in [-0.15, -0.1) is 0 Å². The van der Waals surface area contributed by atoms with Crippen LogP contribution in [0.1, 0.15) is 36.8 Å². The van der Waals surface area contributed by atoms with Crippen molar-refractivity contribution in [2.24, 2.45) is 5.10 Å². The normalized spacial score (nSPS) is 15.6. The molecule has 0 atom stereocenters. The molecular formula is C26H30ClN7O2. The number of methoxy groups -OCH3 is 1. The summed E-state index contributed by atoms with van der Waals surface area (Å²) < 4.78 is 11.5. The molecule has 0 aliphatic carbocycles. The van der Waals surface area contributed by atoms with Crippen molar-refractivity contribution in [2.75, 3.05) is 48.5 Å². The van der Waals surface area contributed by atoms with Crippen LogP contribution < -0.4 is 24.7 Å². The van der Waals surface area contributed by atoms with Gasteiger partial charge in [-0.05, 0) is 55.5 Å². The van der Waals surface area contributed by atoms with Gasteiger partial charge < -0.3 is 19.3 Å². The van der Waals surface area contributed by atoms with E-state index in [1.807, 2.05) is 42.5 Å². The SMILES string of the molecule is COc1cc(/C=N\Nc2nc(N3CCCC3)nc(N3CCCC3)n2)ccc1OCc1ccccc1Cl. The number of ether oxygens (including phenoxy) is 2. The fourth-order valence-corrected chi connectivity index (χ4v) is 4.53. The van der Waals surface area contributed by atoms with E-state index in [-0.39, 0.29) is 0 Å². The molecule has 1 N–H and O–H groups in total. The quantitative estimate of drug-likeness (QED) is 0.327. The summed E-state index contributed by atoms with van der Waals surface area (Å²) in [7, 11) is 1.61. The maximum Gasteiger partial charge on any atom is 0.250 e. The number of aromatic nitrogens is 3. The van der Waals surface area contributed by atoms with Gasteiger partial charge in [0.25, 0.3) is 0 Å². The van der Waals surface area contributed by atoms with E-state index in [0.717, 1.165) is 63.0 Å². The van der Waals surface area contributed by atoms with Crippen molar-refractivity contribution in [1.29, 1.82) is 0 Å². The Hall–Kier alpha value is -3.59. The molecule has 0 bridgehead atoms. The van der Waals surface area contributed by atoms with Gasteiger partial charge in [-0.25, -0.2) is 5.43 Å². The zero-order valence-corrected chi connectivity index (χ0v) is 21.1. The van der Waals surface area contributed by atoms with Gasteiger partial charge in [0.15, 0.2) is 11.5 Å². The Labute approximate surface area is 216 Å². The fraction of sp³-hybridized carbons (Fsp3) is 0.385. The fourth-order valence-electron chi connectivity index (χ4n) is 4.34. The summed E-state index contributed by atoms with van der Waals surface area (Å²) in [5.41, 5.74) is 4.75. The molecule has 2 fully saturated rings. The lowest BCUT2D eigenvalue weighted by atomic mass is 10.2. The summed E-state index contributed by atoms with van der Waals surface area (Å²) >= 11 is 6.24. The Bertz CT molecular complexity index is 1180. The first-order valence-electron chi connectivity index (χ1n) is 12.3. The number of nitrogens with zero attached hydrogens (tertiary/aromatic N) is 6. The third-order valence-electron chi connectivity index (χ3n) is 6.30. The highest BCUT2D eigenvalue weighted by molar-refractivity contribution is 6.31. The van der Waals surface area contributed by atoms with Crippen molar-refractivity contribution >= 4 is 35.7 Å². The highest BCUT2D eigenvalue weighted by Gasteiger charge is 2.21. The van der Waals surface area contributed by atoms with Crippen LogP contribution in [0.2, 0.25) is 5.02 Å². The molecule has 10 heteroatoms. The second-order valence-corrected chi connectivity index (χ2v) is 9.21. The number of nitrogens with one attached hydrogen (secondary N) is 1. The van der Waals surface area contributed by atoms with Gasteiger partial charge in [0.1, 0.15) is 6.61 Å². The highest BCUT2D eigenvalue weighted by Crippen LogP contribution is 2.29. The Morgan fingerprint density at radius 1 is 0.917 bits per heavy atom. The first-order chi connectivity index (χ1) is 17.7. The summed E-state index contributed by atoms with van der Waals surface area (Å²) in [4.78, 5) is 18.4. The molecular weight excluding hydrogens is 478 g/mol. The van der Waals surface area contributed by atoms with Gasteiger partial charge in [0, 0.05) is 36.8 Å². The zero-order valence-electron chi connectivity index (χ0n) is 20.4.